The summed E-state index contributed by atoms with van der Waals surface area (Å²) < 4.78 is 0. The van der Waals surface area contributed by atoms with E-state index in [1.165, 1.54) is 4.90 Å². The molecule has 5 heteroatoms. The Morgan fingerprint density at radius 1 is 1.11 bits per heavy atom. The normalized spacial score (nSPS) is 16.0. The number of hydrogen-bond acceptors (Lipinski definition) is 4. The fourth-order valence-corrected chi connectivity index (χ4v) is 2.05. The predicted molar refractivity (Wildman–Crippen MR) is 66.1 cm³/mol. The zero-order valence-electron chi connectivity index (χ0n) is 10.0. The molecule has 0 bridgehead atoms. The number of aliphatic hydroxyl groups is 1. The van der Waals surface area contributed by atoms with Gasteiger partial charge in [0, 0.05) is 19.2 Å². The van der Waals surface area contributed by atoms with Crippen LogP contribution in [0.5, 0.6) is 0 Å². The van der Waals surface area contributed by atoms with Gasteiger partial charge in [-0.2, -0.15) is 0 Å². The Labute approximate surface area is 105 Å². The molecule has 1 atom stereocenters. The maximum absolute atomic E-state index is 12.0. The Morgan fingerprint density at radius 2 is 1.67 bits per heavy atom. The number of hydrogen-bond donors (Lipinski definition) is 2. The summed E-state index contributed by atoms with van der Waals surface area (Å²) in [6.07, 6.45) is 0.981. The van der Waals surface area contributed by atoms with Crippen LogP contribution in [0.4, 0.5) is 0 Å². The molecule has 1 aromatic carbocycles. The van der Waals surface area contributed by atoms with Gasteiger partial charge in [-0.3, -0.25) is 14.5 Å². The van der Waals surface area contributed by atoms with Gasteiger partial charge in [0.05, 0.1) is 11.1 Å². The van der Waals surface area contributed by atoms with E-state index in [4.69, 9.17) is 10.8 Å². The van der Waals surface area contributed by atoms with Gasteiger partial charge < -0.3 is 10.8 Å². The van der Waals surface area contributed by atoms with E-state index in [1.807, 2.05) is 0 Å². The molecule has 18 heavy (non-hydrogen) atoms. The minimum Gasteiger partial charge on any atom is -0.396 e. The first-order valence-corrected chi connectivity index (χ1v) is 5.97. The van der Waals surface area contributed by atoms with E-state index in [0.29, 0.717) is 30.5 Å². The van der Waals surface area contributed by atoms with Crippen molar-refractivity contribution >= 4 is 11.8 Å². The van der Waals surface area contributed by atoms with E-state index in [0.717, 1.165) is 0 Å². The summed E-state index contributed by atoms with van der Waals surface area (Å²) in [6, 6.07) is 6.60. The molecule has 1 heterocycles. The van der Waals surface area contributed by atoms with Gasteiger partial charge in [-0.15, -0.1) is 0 Å². The highest BCUT2D eigenvalue weighted by atomic mass is 16.3. The lowest BCUT2D eigenvalue weighted by molar-refractivity contribution is 0.0649. The van der Waals surface area contributed by atoms with Crippen LogP contribution in [-0.2, 0) is 0 Å². The molecule has 0 aromatic heterocycles. The zero-order valence-corrected chi connectivity index (χ0v) is 10.0. The molecule has 2 rings (SSSR count). The van der Waals surface area contributed by atoms with E-state index in [-0.39, 0.29) is 24.5 Å². The third-order valence-corrected chi connectivity index (χ3v) is 3.10. The van der Waals surface area contributed by atoms with Crippen LogP contribution < -0.4 is 5.73 Å². The summed E-state index contributed by atoms with van der Waals surface area (Å²) in [5.74, 6) is -0.515. The van der Waals surface area contributed by atoms with E-state index in [2.05, 4.69) is 0 Å². The van der Waals surface area contributed by atoms with Crippen molar-refractivity contribution in [3.05, 3.63) is 35.4 Å². The average Bonchev–Trinajstić information content (AvgIpc) is 2.61. The largest absolute Gasteiger partial charge is 0.396 e. The van der Waals surface area contributed by atoms with Gasteiger partial charge in [-0.25, -0.2) is 0 Å². The lowest BCUT2D eigenvalue weighted by Crippen LogP contribution is -2.34. The summed E-state index contributed by atoms with van der Waals surface area (Å²) >= 11 is 0. The van der Waals surface area contributed by atoms with Gasteiger partial charge in [-0.05, 0) is 25.0 Å². The first kappa shape index (κ1) is 12.7. The van der Waals surface area contributed by atoms with Gasteiger partial charge in [0.1, 0.15) is 0 Å². The second-order valence-corrected chi connectivity index (χ2v) is 4.37. The van der Waals surface area contributed by atoms with Crippen LogP contribution in [0.2, 0.25) is 0 Å². The fourth-order valence-electron chi connectivity index (χ4n) is 2.05. The lowest BCUT2D eigenvalue weighted by atomic mass is 10.1. The predicted octanol–water partition coefficient (Wildman–Crippen LogP) is 0.382. The maximum atomic E-state index is 12.0. The molecule has 0 fully saturated rings. The number of nitrogens with two attached hydrogens (primary N) is 1. The number of aliphatic hydroxyl groups excluding tert-OH is 1. The second kappa shape index (κ2) is 5.29. The van der Waals surface area contributed by atoms with Gasteiger partial charge in [0.2, 0.25) is 0 Å². The van der Waals surface area contributed by atoms with Crippen LogP contribution in [0.25, 0.3) is 0 Å². The molecule has 0 saturated carbocycles. The van der Waals surface area contributed by atoms with Gasteiger partial charge in [0.25, 0.3) is 11.8 Å². The molecule has 2 amide bonds. The maximum Gasteiger partial charge on any atom is 0.261 e. The number of nitrogens with zero attached hydrogens (tertiary/aromatic N) is 1. The third-order valence-electron chi connectivity index (χ3n) is 3.10. The number of imide groups is 1. The summed E-state index contributed by atoms with van der Waals surface area (Å²) in [6.45, 7) is 0.316. The van der Waals surface area contributed by atoms with Crippen LogP contribution in [0.1, 0.15) is 33.6 Å². The van der Waals surface area contributed by atoms with Crippen molar-refractivity contribution in [2.24, 2.45) is 5.73 Å². The fraction of sp³-hybridized carbons (Fsp3) is 0.385. The lowest BCUT2D eigenvalue weighted by Gasteiger charge is -2.16. The number of carbonyl (C=O) groups excluding carboxylic acids is 2. The van der Waals surface area contributed by atoms with E-state index >= 15 is 0 Å². The Kier molecular flexibility index (Phi) is 3.74. The zero-order chi connectivity index (χ0) is 13.1. The van der Waals surface area contributed by atoms with Crippen LogP contribution in [-0.4, -0.2) is 41.0 Å². The number of carbonyl (C=O) groups is 2. The van der Waals surface area contributed by atoms with Crippen LogP contribution in [0, 0.1) is 0 Å². The van der Waals surface area contributed by atoms with Crippen LogP contribution in [0.3, 0.4) is 0 Å². The molecule has 1 unspecified atom stereocenters. The van der Waals surface area contributed by atoms with Crippen molar-refractivity contribution in [2.75, 3.05) is 13.2 Å². The summed E-state index contributed by atoms with van der Waals surface area (Å²) in [5, 5.41) is 8.75. The molecule has 1 aliphatic heterocycles. The van der Waals surface area contributed by atoms with E-state index < -0.39 is 0 Å². The Hall–Kier alpha value is -1.72. The van der Waals surface area contributed by atoms with Gasteiger partial charge in [-0.1, -0.05) is 12.1 Å². The van der Waals surface area contributed by atoms with Gasteiger partial charge in [0.15, 0.2) is 0 Å². The monoisotopic (exact) mass is 248 g/mol. The van der Waals surface area contributed by atoms with Crippen molar-refractivity contribution in [2.45, 2.75) is 18.9 Å². The number of rotatable bonds is 5. The Morgan fingerprint density at radius 3 is 2.17 bits per heavy atom. The quantitative estimate of drug-likeness (QED) is 0.738. The Bertz CT molecular complexity index is 438. The first-order chi connectivity index (χ1) is 8.65. The topological polar surface area (TPSA) is 83.6 Å². The molecule has 0 radical (unpaired) electrons. The van der Waals surface area contributed by atoms with Crippen LogP contribution >= 0.6 is 0 Å². The molecular formula is C13H16N2O3. The van der Waals surface area contributed by atoms with Crippen molar-refractivity contribution in [1.82, 2.24) is 4.90 Å². The van der Waals surface area contributed by atoms with Crippen LogP contribution in [0.15, 0.2) is 24.3 Å². The molecule has 96 valence electrons. The highest BCUT2D eigenvalue weighted by Crippen LogP contribution is 2.22. The smallest absolute Gasteiger partial charge is 0.261 e. The van der Waals surface area contributed by atoms with E-state index in [9.17, 15) is 9.59 Å². The van der Waals surface area contributed by atoms with Crippen molar-refractivity contribution in [3.8, 4) is 0 Å². The minimum absolute atomic E-state index is 0.0171. The Balaban J connectivity index is 2.05. The molecule has 3 N–H and O–H groups in total. The third kappa shape index (κ3) is 2.27. The highest BCUT2D eigenvalue weighted by Gasteiger charge is 2.34. The molecule has 0 spiro atoms. The summed E-state index contributed by atoms with van der Waals surface area (Å²) in [5.41, 5.74) is 6.66. The number of benzene rings is 1. The SMILES string of the molecule is NC(CCO)CCN1C(=O)c2ccccc2C1=O. The second-order valence-electron chi connectivity index (χ2n) is 4.37. The molecule has 1 aromatic rings. The molecule has 0 saturated heterocycles. The van der Waals surface area contributed by atoms with Crippen molar-refractivity contribution in [1.29, 1.82) is 0 Å². The average molecular weight is 248 g/mol. The standard InChI is InChI=1S/C13H16N2O3/c14-9(6-8-16)5-7-15-12(17)10-3-1-2-4-11(10)13(15)18/h1-4,9,16H,5-8,14H2. The minimum atomic E-state index is -0.258. The van der Waals surface area contributed by atoms with Gasteiger partial charge >= 0.3 is 0 Å². The van der Waals surface area contributed by atoms with E-state index in [1.54, 1.807) is 24.3 Å². The molecule has 1 aliphatic rings. The molecule has 0 aliphatic carbocycles. The number of amides is 2. The highest BCUT2D eigenvalue weighted by molar-refractivity contribution is 6.21. The number of fused-ring (bicyclic) bond motifs is 1. The molecule has 5 nitrogen and oxygen atoms in total. The van der Waals surface area contributed by atoms with Crippen molar-refractivity contribution < 1.29 is 14.7 Å². The van der Waals surface area contributed by atoms with Crippen molar-refractivity contribution in [3.63, 3.8) is 0 Å². The molecular weight excluding hydrogens is 232 g/mol. The first-order valence-electron chi connectivity index (χ1n) is 5.97. The summed E-state index contributed by atoms with van der Waals surface area (Å²) in [7, 11) is 0. The summed E-state index contributed by atoms with van der Waals surface area (Å²) in [4.78, 5) is 25.2.